The van der Waals surface area contributed by atoms with Gasteiger partial charge in [0.1, 0.15) is 5.69 Å². The van der Waals surface area contributed by atoms with Gasteiger partial charge in [-0.25, -0.2) is 4.98 Å². The van der Waals surface area contributed by atoms with Gasteiger partial charge < -0.3 is 9.52 Å². The molecule has 0 unspecified atom stereocenters. The van der Waals surface area contributed by atoms with E-state index in [2.05, 4.69) is 4.98 Å². The standard InChI is InChI=1S/C18H13Cl2NO3/c19-13-5-1-11(2-6-13)17-18(12-3-7-14(20)8-4-12)24-15(21-17)9-10-16(22)23/h1-8H,9-10H2,(H,22,23). The van der Waals surface area contributed by atoms with Crippen molar-refractivity contribution in [3.63, 3.8) is 0 Å². The Morgan fingerprint density at radius 2 is 1.50 bits per heavy atom. The van der Waals surface area contributed by atoms with E-state index < -0.39 is 5.97 Å². The highest BCUT2D eigenvalue weighted by Crippen LogP contribution is 2.34. The van der Waals surface area contributed by atoms with E-state index in [0.717, 1.165) is 11.1 Å². The third kappa shape index (κ3) is 3.78. The first kappa shape index (κ1) is 16.6. The summed E-state index contributed by atoms with van der Waals surface area (Å²) in [6, 6.07) is 14.4. The Bertz CT molecular complexity index is 792. The van der Waals surface area contributed by atoms with Gasteiger partial charge >= 0.3 is 5.97 Å². The second-order valence-electron chi connectivity index (χ2n) is 5.19. The summed E-state index contributed by atoms with van der Waals surface area (Å²) in [5.41, 5.74) is 2.31. The molecular formula is C18H13Cl2NO3. The summed E-state index contributed by atoms with van der Waals surface area (Å²) in [4.78, 5) is 15.3. The fourth-order valence-corrected chi connectivity index (χ4v) is 2.54. The van der Waals surface area contributed by atoms with Gasteiger partial charge in [0.15, 0.2) is 11.7 Å². The number of aryl methyl sites for hydroxylation is 1. The van der Waals surface area contributed by atoms with Crippen molar-refractivity contribution in [3.05, 3.63) is 64.5 Å². The highest BCUT2D eigenvalue weighted by Gasteiger charge is 2.17. The van der Waals surface area contributed by atoms with E-state index in [4.69, 9.17) is 32.7 Å². The van der Waals surface area contributed by atoms with Crippen LogP contribution in [0.25, 0.3) is 22.6 Å². The summed E-state index contributed by atoms with van der Waals surface area (Å²) in [5, 5.41) is 10.1. The third-order valence-corrected chi connectivity index (χ3v) is 3.95. The van der Waals surface area contributed by atoms with Crippen LogP contribution >= 0.6 is 23.2 Å². The third-order valence-electron chi connectivity index (χ3n) is 3.45. The number of nitrogens with zero attached hydrogens (tertiary/aromatic N) is 1. The van der Waals surface area contributed by atoms with Gasteiger partial charge in [-0.15, -0.1) is 0 Å². The van der Waals surface area contributed by atoms with E-state index in [1.165, 1.54) is 0 Å². The number of rotatable bonds is 5. The summed E-state index contributed by atoms with van der Waals surface area (Å²) in [7, 11) is 0. The van der Waals surface area contributed by atoms with E-state index in [0.29, 0.717) is 27.4 Å². The first-order valence-corrected chi connectivity index (χ1v) is 8.02. The van der Waals surface area contributed by atoms with E-state index in [-0.39, 0.29) is 12.8 Å². The second kappa shape index (κ2) is 7.07. The van der Waals surface area contributed by atoms with Crippen molar-refractivity contribution in [2.45, 2.75) is 12.8 Å². The van der Waals surface area contributed by atoms with Gasteiger partial charge in [0.25, 0.3) is 0 Å². The van der Waals surface area contributed by atoms with Crippen LogP contribution in [-0.2, 0) is 11.2 Å². The lowest BCUT2D eigenvalue weighted by molar-refractivity contribution is -0.137. The zero-order chi connectivity index (χ0) is 17.1. The van der Waals surface area contributed by atoms with Gasteiger partial charge in [0.2, 0.25) is 0 Å². The van der Waals surface area contributed by atoms with Crippen molar-refractivity contribution in [1.29, 1.82) is 0 Å². The number of carbonyl (C=O) groups is 1. The van der Waals surface area contributed by atoms with Crippen LogP contribution in [0, 0.1) is 0 Å². The second-order valence-corrected chi connectivity index (χ2v) is 6.07. The van der Waals surface area contributed by atoms with E-state index in [9.17, 15) is 4.79 Å². The highest BCUT2D eigenvalue weighted by molar-refractivity contribution is 6.31. The predicted octanol–water partition coefficient (Wildman–Crippen LogP) is 5.33. The molecule has 1 heterocycles. The average molecular weight is 362 g/mol. The lowest BCUT2D eigenvalue weighted by Gasteiger charge is -2.02. The molecule has 0 fully saturated rings. The van der Waals surface area contributed by atoms with Crippen molar-refractivity contribution < 1.29 is 14.3 Å². The Balaban J connectivity index is 2.05. The molecule has 24 heavy (non-hydrogen) atoms. The molecule has 0 atom stereocenters. The SMILES string of the molecule is O=C(O)CCc1nc(-c2ccc(Cl)cc2)c(-c2ccc(Cl)cc2)o1. The summed E-state index contributed by atoms with van der Waals surface area (Å²) in [5.74, 6) is 0.0657. The van der Waals surface area contributed by atoms with Crippen molar-refractivity contribution in [3.8, 4) is 22.6 Å². The number of carboxylic acids is 1. The molecule has 0 aliphatic carbocycles. The van der Waals surface area contributed by atoms with Crippen molar-refractivity contribution in [2.24, 2.45) is 0 Å². The number of oxazole rings is 1. The molecule has 1 aromatic heterocycles. The van der Waals surface area contributed by atoms with Crippen LogP contribution in [0.4, 0.5) is 0 Å². The fourth-order valence-electron chi connectivity index (χ4n) is 2.29. The quantitative estimate of drug-likeness (QED) is 0.666. The van der Waals surface area contributed by atoms with Crippen LogP contribution in [0.5, 0.6) is 0 Å². The topological polar surface area (TPSA) is 63.3 Å². The van der Waals surface area contributed by atoms with Gasteiger partial charge in [-0.3, -0.25) is 4.79 Å². The molecule has 0 spiro atoms. The molecule has 0 saturated heterocycles. The number of hydrogen-bond acceptors (Lipinski definition) is 3. The molecule has 0 aliphatic rings. The Hall–Kier alpha value is -2.30. The van der Waals surface area contributed by atoms with Gasteiger partial charge in [0, 0.05) is 27.6 Å². The molecule has 0 saturated carbocycles. The van der Waals surface area contributed by atoms with E-state index >= 15 is 0 Å². The molecule has 0 radical (unpaired) electrons. The molecule has 1 N–H and O–H groups in total. The maximum atomic E-state index is 10.8. The molecule has 3 aromatic rings. The summed E-state index contributed by atoms with van der Waals surface area (Å²) >= 11 is 11.9. The lowest BCUT2D eigenvalue weighted by Crippen LogP contribution is -1.97. The first-order valence-electron chi connectivity index (χ1n) is 7.26. The lowest BCUT2D eigenvalue weighted by atomic mass is 10.1. The summed E-state index contributed by atoms with van der Waals surface area (Å²) in [6.07, 6.45) is 0.185. The van der Waals surface area contributed by atoms with Crippen LogP contribution in [-0.4, -0.2) is 16.1 Å². The Morgan fingerprint density at radius 3 is 2.04 bits per heavy atom. The van der Waals surface area contributed by atoms with E-state index in [1.54, 1.807) is 24.3 Å². The van der Waals surface area contributed by atoms with Crippen LogP contribution in [0.3, 0.4) is 0 Å². The zero-order valence-corrected chi connectivity index (χ0v) is 14.0. The fraction of sp³-hybridized carbons (Fsp3) is 0.111. The van der Waals surface area contributed by atoms with Crippen LogP contribution in [0.2, 0.25) is 10.0 Å². The Labute approximate surface area is 148 Å². The first-order chi connectivity index (χ1) is 11.5. The molecule has 122 valence electrons. The number of hydrogen-bond donors (Lipinski definition) is 1. The molecule has 4 nitrogen and oxygen atoms in total. The van der Waals surface area contributed by atoms with Gasteiger partial charge in [-0.1, -0.05) is 35.3 Å². The maximum Gasteiger partial charge on any atom is 0.303 e. The minimum absolute atomic E-state index is 0.0410. The average Bonchev–Trinajstić information content (AvgIpc) is 2.98. The smallest absolute Gasteiger partial charge is 0.303 e. The number of carboxylic acid groups (broad SMARTS) is 1. The van der Waals surface area contributed by atoms with Crippen LogP contribution < -0.4 is 0 Å². The summed E-state index contributed by atoms with van der Waals surface area (Å²) < 4.78 is 5.83. The highest BCUT2D eigenvalue weighted by atomic mass is 35.5. The molecule has 6 heteroatoms. The molecule has 0 bridgehead atoms. The zero-order valence-electron chi connectivity index (χ0n) is 12.5. The van der Waals surface area contributed by atoms with Crippen LogP contribution in [0.1, 0.15) is 12.3 Å². The molecular weight excluding hydrogens is 349 g/mol. The number of aromatic nitrogens is 1. The van der Waals surface area contributed by atoms with Crippen molar-refractivity contribution in [1.82, 2.24) is 4.98 Å². The van der Waals surface area contributed by atoms with E-state index in [1.807, 2.05) is 24.3 Å². The molecule has 0 aliphatic heterocycles. The van der Waals surface area contributed by atoms with Gasteiger partial charge in [-0.2, -0.15) is 0 Å². The monoisotopic (exact) mass is 361 g/mol. The summed E-state index contributed by atoms with van der Waals surface area (Å²) in [6.45, 7) is 0. The number of halogens is 2. The minimum atomic E-state index is -0.894. The normalized spacial score (nSPS) is 10.8. The number of aliphatic carboxylic acids is 1. The van der Waals surface area contributed by atoms with Crippen molar-refractivity contribution >= 4 is 29.2 Å². The maximum absolute atomic E-state index is 10.8. The van der Waals surface area contributed by atoms with Crippen LogP contribution in [0.15, 0.2) is 52.9 Å². The minimum Gasteiger partial charge on any atom is -0.481 e. The molecule has 3 rings (SSSR count). The number of benzene rings is 2. The van der Waals surface area contributed by atoms with Gasteiger partial charge in [-0.05, 0) is 36.4 Å². The van der Waals surface area contributed by atoms with Gasteiger partial charge in [0.05, 0.1) is 6.42 Å². The largest absolute Gasteiger partial charge is 0.481 e. The van der Waals surface area contributed by atoms with Crippen molar-refractivity contribution in [2.75, 3.05) is 0 Å². The molecule has 0 amide bonds. The predicted molar refractivity (Wildman–Crippen MR) is 93.4 cm³/mol. The Kier molecular flexibility index (Phi) is 4.88. The molecule has 2 aromatic carbocycles. The Morgan fingerprint density at radius 1 is 0.958 bits per heavy atom.